The van der Waals surface area contributed by atoms with E-state index in [4.69, 9.17) is 30.6 Å². The topological polar surface area (TPSA) is 238 Å². The number of anilines is 1. The van der Waals surface area contributed by atoms with Gasteiger partial charge in [-0.1, -0.05) is 0 Å². The third-order valence-corrected chi connectivity index (χ3v) is 8.75. The lowest BCUT2D eigenvalue weighted by Gasteiger charge is -2.18. The number of nitrogens with zero attached hydrogens (tertiary/aromatic N) is 4. The Morgan fingerprint density at radius 3 is 2.68 bits per heavy atom. The molecular weight excluding hydrogens is 522 g/mol. The third-order valence-electron chi connectivity index (χ3n) is 5.14. The molecule has 188 valence electrons. The zero-order valence-corrected chi connectivity index (χ0v) is 19.7. The first-order valence-corrected chi connectivity index (χ1v) is 13.7. The number of carbonyl (C=O) groups is 1. The summed E-state index contributed by atoms with van der Waals surface area (Å²) in [6.07, 6.45) is -4.11. The summed E-state index contributed by atoms with van der Waals surface area (Å²) in [6, 6.07) is -0.263. The molecule has 2 aromatic heterocycles. The zero-order chi connectivity index (χ0) is 24.8. The summed E-state index contributed by atoms with van der Waals surface area (Å²) in [5.74, 6) is -1.31. The van der Waals surface area contributed by atoms with Gasteiger partial charge in [0.05, 0.1) is 24.5 Å². The monoisotopic (exact) mass is 542 g/mol. The van der Waals surface area contributed by atoms with E-state index in [9.17, 15) is 29.0 Å². The SMILES string of the molecule is O=C1CC(Nc2nc(Cl)nn3c([C@@H]4O[C@H](COP(=O)(O)CP(=O)(O)O)[C@@H](O)[C@H]4O)cnc23)CN1. The highest BCUT2D eigenvalue weighted by molar-refractivity contribution is 7.70. The van der Waals surface area contributed by atoms with Crippen molar-refractivity contribution >= 4 is 44.2 Å². The van der Waals surface area contributed by atoms with Gasteiger partial charge in [0.1, 0.15) is 24.4 Å². The molecular formula is C15H21ClN6O10P2. The van der Waals surface area contributed by atoms with E-state index in [0.717, 1.165) is 0 Å². The van der Waals surface area contributed by atoms with Gasteiger partial charge in [-0.3, -0.25) is 13.9 Å². The van der Waals surface area contributed by atoms with Crippen LogP contribution in [0.25, 0.3) is 5.65 Å². The number of aliphatic hydroxyl groups excluding tert-OH is 2. The fourth-order valence-corrected chi connectivity index (χ4v) is 6.39. The quantitative estimate of drug-likeness (QED) is 0.189. The van der Waals surface area contributed by atoms with E-state index in [2.05, 4.69) is 25.7 Å². The van der Waals surface area contributed by atoms with Gasteiger partial charge in [0.2, 0.25) is 11.2 Å². The first-order chi connectivity index (χ1) is 15.8. The molecule has 6 atom stereocenters. The molecule has 2 unspecified atom stereocenters. The Balaban J connectivity index is 1.53. The smallest absolute Gasteiger partial charge is 0.340 e. The molecule has 0 bridgehead atoms. The van der Waals surface area contributed by atoms with E-state index in [1.54, 1.807) is 0 Å². The largest absolute Gasteiger partial charge is 0.387 e. The Hall–Kier alpha value is -1.71. The summed E-state index contributed by atoms with van der Waals surface area (Å²) in [4.78, 5) is 47.1. The minimum absolute atomic E-state index is 0.129. The number of halogens is 1. The number of amides is 1. The van der Waals surface area contributed by atoms with E-state index < -0.39 is 52.1 Å². The van der Waals surface area contributed by atoms with Crippen LogP contribution < -0.4 is 10.6 Å². The average Bonchev–Trinajstić information content (AvgIpc) is 3.38. The minimum Gasteiger partial charge on any atom is -0.387 e. The average molecular weight is 543 g/mol. The lowest BCUT2D eigenvalue weighted by Crippen LogP contribution is -2.33. The minimum atomic E-state index is -4.84. The number of aliphatic hydroxyl groups is 2. The Morgan fingerprint density at radius 2 is 2.03 bits per heavy atom. The fourth-order valence-electron chi connectivity index (χ4n) is 3.66. The number of nitrogens with one attached hydrogen (secondary N) is 2. The first-order valence-electron chi connectivity index (χ1n) is 9.80. The van der Waals surface area contributed by atoms with Crippen molar-refractivity contribution in [3.8, 4) is 0 Å². The van der Waals surface area contributed by atoms with Gasteiger partial charge in [-0.15, -0.1) is 5.10 Å². The van der Waals surface area contributed by atoms with Gasteiger partial charge in [0.25, 0.3) is 0 Å². The van der Waals surface area contributed by atoms with E-state index in [1.165, 1.54) is 10.7 Å². The predicted molar refractivity (Wildman–Crippen MR) is 113 cm³/mol. The summed E-state index contributed by atoms with van der Waals surface area (Å²) >= 11 is 6.03. The van der Waals surface area contributed by atoms with Gasteiger partial charge in [0.15, 0.2) is 17.4 Å². The summed E-state index contributed by atoms with van der Waals surface area (Å²) in [5.41, 5.74) is 0.365. The number of fused-ring (bicyclic) bond motifs is 1. The lowest BCUT2D eigenvalue weighted by atomic mass is 10.1. The van der Waals surface area contributed by atoms with Crippen LogP contribution in [0.4, 0.5) is 5.82 Å². The van der Waals surface area contributed by atoms with Gasteiger partial charge in [-0.25, -0.2) is 9.50 Å². The molecule has 0 radical (unpaired) electrons. The van der Waals surface area contributed by atoms with Gasteiger partial charge in [-0.05, 0) is 11.6 Å². The summed E-state index contributed by atoms with van der Waals surface area (Å²) in [6.45, 7) is -0.361. The van der Waals surface area contributed by atoms with Crippen LogP contribution in [0.3, 0.4) is 0 Å². The van der Waals surface area contributed by atoms with E-state index in [0.29, 0.717) is 6.54 Å². The molecule has 2 fully saturated rings. The molecule has 0 spiro atoms. The third kappa shape index (κ3) is 5.57. The van der Waals surface area contributed by atoms with Crippen LogP contribution in [0.5, 0.6) is 0 Å². The van der Waals surface area contributed by atoms with Gasteiger partial charge in [0, 0.05) is 13.0 Å². The molecule has 2 aromatic rings. The molecule has 16 nitrogen and oxygen atoms in total. The van der Waals surface area contributed by atoms with E-state index in [1.807, 2.05) is 0 Å². The molecule has 0 aliphatic carbocycles. The van der Waals surface area contributed by atoms with Crippen LogP contribution in [0.1, 0.15) is 18.2 Å². The second kappa shape index (κ2) is 9.39. The highest BCUT2D eigenvalue weighted by Gasteiger charge is 2.46. The summed E-state index contributed by atoms with van der Waals surface area (Å²) < 4.78 is 34.4. The van der Waals surface area contributed by atoms with Crippen molar-refractivity contribution in [2.75, 3.05) is 24.4 Å². The molecule has 1 amide bonds. The second-order valence-electron chi connectivity index (χ2n) is 7.81. The predicted octanol–water partition coefficient (Wildman–Crippen LogP) is -1.42. The van der Waals surface area contributed by atoms with Crippen LogP contribution in [0.15, 0.2) is 6.20 Å². The molecule has 0 aromatic carbocycles. The van der Waals surface area contributed by atoms with Crippen molar-refractivity contribution < 1.29 is 48.1 Å². The van der Waals surface area contributed by atoms with Gasteiger partial charge >= 0.3 is 15.2 Å². The summed E-state index contributed by atoms with van der Waals surface area (Å²) in [5, 5.41) is 30.4. The number of imidazole rings is 1. The summed E-state index contributed by atoms with van der Waals surface area (Å²) in [7, 11) is -9.53. The Labute approximate surface area is 196 Å². The number of carbonyl (C=O) groups excluding carboxylic acids is 1. The number of aromatic nitrogens is 4. The van der Waals surface area contributed by atoms with E-state index in [-0.39, 0.29) is 40.8 Å². The molecule has 34 heavy (non-hydrogen) atoms. The van der Waals surface area contributed by atoms with Crippen molar-refractivity contribution in [1.29, 1.82) is 0 Å². The zero-order valence-electron chi connectivity index (χ0n) is 17.1. The standard InChI is InChI=1S/C15H21ClN6O10P2/c16-15-20-13(19-6-1-9(23)17-2-6)14-18-3-7(22(14)21-15)12-11(25)10(24)8(32-12)4-31-34(29,30)5-33(26,27)28/h3,6,8,10-12,24-25H,1-2,4-5H2,(H,17,23)(H,29,30)(H,19,20,21)(H2,26,27,28)/t6?,8-,10-,11-,12+/m1/s1. The highest BCUT2D eigenvalue weighted by atomic mass is 35.5. The molecule has 19 heteroatoms. The molecule has 4 rings (SSSR count). The van der Waals surface area contributed by atoms with Crippen LogP contribution in [-0.4, -0.2) is 93.8 Å². The Kier molecular flexibility index (Phi) is 7.01. The number of ether oxygens (including phenoxy) is 1. The maximum absolute atomic E-state index is 11.9. The van der Waals surface area contributed by atoms with Crippen molar-refractivity contribution in [3.63, 3.8) is 0 Å². The molecule has 2 aliphatic heterocycles. The maximum Gasteiger partial charge on any atom is 0.340 e. The molecule has 2 saturated heterocycles. The van der Waals surface area contributed by atoms with Crippen LogP contribution >= 0.6 is 26.8 Å². The fraction of sp³-hybridized carbons (Fsp3) is 0.600. The molecule has 7 N–H and O–H groups in total. The normalized spacial score (nSPS) is 29.4. The van der Waals surface area contributed by atoms with Crippen LogP contribution in [0, 0.1) is 0 Å². The van der Waals surface area contributed by atoms with Crippen molar-refractivity contribution in [3.05, 3.63) is 17.2 Å². The van der Waals surface area contributed by atoms with E-state index >= 15 is 0 Å². The molecule has 0 saturated carbocycles. The van der Waals surface area contributed by atoms with Gasteiger partial charge < -0.3 is 44.8 Å². The van der Waals surface area contributed by atoms with Crippen LogP contribution in [0.2, 0.25) is 5.28 Å². The lowest BCUT2D eigenvalue weighted by molar-refractivity contribution is -0.119. The first kappa shape index (κ1) is 25.4. The van der Waals surface area contributed by atoms with Crippen molar-refractivity contribution in [2.24, 2.45) is 0 Å². The van der Waals surface area contributed by atoms with Crippen LogP contribution in [-0.2, 0) is 23.2 Å². The second-order valence-corrected chi connectivity index (χ2v) is 12.1. The van der Waals surface area contributed by atoms with Crippen molar-refractivity contribution in [1.82, 2.24) is 24.9 Å². The Morgan fingerprint density at radius 1 is 1.29 bits per heavy atom. The van der Waals surface area contributed by atoms with Crippen molar-refractivity contribution in [2.45, 2.75) is 36.9 Å². The Bertz CT molecular complexity index is 1190. The maximum atomic E-state index is 11.9. The van der Waals surface area contributed by atoms with Gasteiger partial charge in [-0.2, -0.15) is 4.98 Å². The highest BCUT2D eigenvalue weighted by Crippen LogP contribution is 2.55. The number of rotatable bonds is 8. The number of hydrogen-bond donors (Lipinski definition) is 7. The molecule has 4 heterocycles. The number of hydrogen-bond acceptors (Lipinski definition) is 11. The molecule has 2 aliphatic rings.